The second-order valence-electron chi connectivity index (χ2n) is 4.96. The number of aromatic nitrogens is 4. The molecule has 2 aromatic rings. The number of carbonyl (C=O) groups excluding carboxylic acids is 2. The van der Waals surface area contributed by atoms with E-state index in [9.17, 15) is 22.8 Å². The Morgan fingerprint density at radius 3 is 2.50 bits per heavy atom. The smallest absolute Gasteiger partial charge is 0.343 e. The van der Waals surface area contributed by atoms with Gasteiger partial charge in [0.25, 0.3) is 11.8 Å². The van der Waals surface area contributed by atoms with E-state index in [-0.39, 0.29) is 11.3 Å². The van der Waals surface area contributed by atoms with Crippen LogP contribution in [0.15, 0.2) is 24.7 Å². The number of amides is 2. The van der Waals surface area contributed by atoms with E-state index < -0.39 is 30.2 Å². The second-order valence-corrected chi connectivity index (χ2v) is 4.96. The zero-order chi connectivity index (χ0) is 17.9. The molecule has 11 heteroatoms. The predicted octanol–water partition coefficient (Wildman–Crippen LogP) is 1.19. The summed E-state index contributed by atoms with van der Waals surface area (Å²) >= 11 is 0. The van der Waals surface area contributed by atoms with Crippen LogP contribution in [0.2, 0.25) is 0 Å². The number of nitrogens with one attached hydrogen (secondary N) is 1. The summed E-state index contributed by atoms with van der Waals surface area (Å²) in [6.45, 7) is -1.48. The van der Waals surface area contributed by atoms with Gasteiger partial charge in [0.1, 0.15) is 12.2 Å². The fraction of sp³-hybridized carbons (Fsp3) is 0.308. The van der Waals surface area contributed by atoms with Gasteiger partial charge in [-0.3, -0.25) is 9.59 Å². The van der Waals surface area contributed by atoms with E-state index in [1.165, 1.54) is 32.6 Å². The van der Waals surface area contributed by atoms with Crippen molar-refractivity contribution in [2.24, 2.45) is 0 Å². The van der Waals surface area contributed by atoms with Crippen LogP contribution in [-0.4, -0.2) is 57.0 Å². The maximum atomic E-state index is 12.6. The summed E-state index contributed by atoms with van der Waals surface area (Å²) in [6.07, 6.45) is -1.08. The molecule has 2 heterocycles. The fourth-order valence-corrected chi connectivity index (χ4v) is 1.84. The highest BCUT2D eigenvalue weighted by Gasteiger charge is 2.33. The summed E-state index contributed by atoms with van der Waals surface area (Å²) < 4.78 is 38.4. The molecular formula is C13H13F3N6O2. The SMILES string of the molecule is CN(C)C(=O)c1c(C(=O)Nc2ccnnc2)cnn1CC(F)(F)F. The van der Waals surface area contributed by atoms with Gasteiger partial charge in [-0.15, -0.1) is 0 Å². The molecule has 0 bridgehead atoms. The minimum Gasteiger partial charge on any atom is -0.343 e. The van der Waals surface area contributed by atoms with Gasteiger partial charge in [-0.1, -0.05) is 0 Å². The molecule has 0 atom stereocenters. The van der Waals surface area contributed by atoms with Crippen LogP contribution in [-0.2, 0) is 6.54 Å². The van der Waals surface area contributed by atoms with Gasteiger partial charge < -0.3 is 10.2 Å². The van der Waals surface area contributed by atoms with Gasteiger partial charge in [-0.2, -0.15) is 28.5 Å². The molecule has 2 aromatic heterocycles. The van der Waals surface area contributed by atoms with Gasteiger partial charge in [0.2, 0.25) is 0 Å². The maximum absolute atomic E-state index is 12.6. The zero-order valence-electron chi connectivity index (χ0n) is 12.7. The van der Waals surface area contributed by atoms with E-state index >= 15 is 0 Å². The van der Waals surface area contributed by atoms with E-state index in [2.05, 4.69) is 20.6 Å². The molecule has 0 radical (unpaired) electrons. The summed E-state index contributed by atoms with van der Waals surface area (Å²) in [5.74, 6) is -1.55. The molecule has 0 unspecified atom stereocenters. The standard InChI is InChI=1S/C13H13F3N6O2/c1-21(2)12(24)10-9(6-19-22(10)7-13(14,15)16)11(23)20-8-3-4-17-18-5-8/h3-6H,7H2,1-2H3,(H,17,20,23). The third-order valence-corrected chi connectivity index (χ3v) is 2.86. The van der Waals surface area contributed by atoms with Crippen LogP contribution in [0.5, 0.6) is 0 Å². The van der Waals surface area contributed by atoms with Crippen LogP contribution in [0, 0.1) is 0 Å². The Bertz CT molecular complexity index is 742. The molecule has 2 amide bonds. The van der Waals surface area contributed by atoms with Crippen molar-refractivity contribution in [1.29, 1.82) is 0 Å². The quantitative estimate of drug-likeness (QED) is 0.901. The van der Waals surface area contributed by atoms with Crippen molar-refractivity contribution < 1.29 is 22.8 Å². The molecule has 0 saturated heterocycles. The lowest BCUT2D eigenvalue weighted by molar-refractivity contribution is -0.142. The monoisotopic (exact) mass is 342 g/mol. The molecule has 0 aromatic carbocycles. The Kier molecular flexibility index (Phi) is 4.81. The lowest BCUT2D eigenvalue weighted by Crippen LogP contribution is -2.30. The first-order valence-electron chi connectivity index (χ1n) is 6.61. The van der Waals surface area contributed by atoms with Crippen LogP contribution in [0.3, 0.4) is 0 Å². The van der Waals surface area contributed by atoms with Crippen molar-refractivity contribution in [3.63, 3.8) is 0 Å². The van der Waals surface area contributed by atoms with Crippen LogP contribution >= 0.6 is 0 Å². The van der Waals surface area contributed by atoms with Gasteiger partial charge in [-0.25, -0.2) is 4.68 Å². The van der Waals surface area contributed by atoms with Gasteiger partial charge >= 0.3 is 6.18 Å². The van der Waals surface area contributed by atoms with Crippen molar-refractivity contribution in [2.75, 3.05) is 19.4 Å². The second kappa shape index (κ2) is 6.64. The Morgan fingerprint density at radius 1 is 1.25 bits per heavy atom. The summed E-state index contributed by atoms with van der Waals surface area (Å²) in [7, 11) is 2.73. The average Bonchev–Trinajstić information content (AvgIpc) is 2.88. The molecule has 128 valence electrons. The third kappa shape index (κ3) is 4.06. The maximum Gasteiger partial charge on any atom is 0.408 e. The molecule has 0 fully saturated rings. The van der Waals surface area contributed by atoms with E-state index in [4.69, 9.17) is 0 Å². The van der Waals surface area contributed by atoms with Crippen molar-refractivity contribution in [3.05, 3.63) is 35.9 Å². The Hall–Kier alpha value is -2.98. The number of rotatable bonds is 4. The van der Waals surface area contributed by atoms with Crippen LogP contribution in [0.25, 0.3) is 0 Å². The number of carbonyl (C=O) groups is 2. The summed E-state index contributed by atoms with van der Waals surface area (Å²) in [5, 5.41) is 13.0. The number of nitrogens with zero attached hydrogens (tertiary/aromatic N) is 5. The van der Waals surface area contributed by atoms with Gasteiger partial charge in [-0.05, 0) is 6.07 Å². The van der Waals surface area contributed by atoms with Gasteiger partial charge in [0, 0.05) is 14.1 Å². The lowest BCUT2D eigenvalue weighted by atomic mass is 10.2. The minimum absolute atomic E-state index is 0.269. The number of hydrogen-bond donors (Lipinski definition) is 1. The first-order chi connectivity index (χ1) is 11.2. The molecule has 1 N–H and O–H groups in total. The molecule has 0 aliphatic carbocycles. The Balaban J connectivity index is 2.38. The summed E-state index contributed by atoms with van der Waals surface area (Å²) in [4.78, 5) is 25.5. The van der Waals surface area contributed by atoms with Crippen LogP contribution in [0.1, 0.15) is 20.8 Å². The molecule has 24 heavy (non-hydrogen) atoms. The molecule has 0 aliphatic heterocycles. The highest BCUT2D eigenvalue weighted by molar-refractivity contribution is 6.11. The van der Waals surface area contributed by atoms with Crippen molar-refractivity contribution >= 4 is 17.5 Å². The van der Waals surface area contributed by atoms with Crippen LogP contribution < -0.4 is 5.32 Å². The van der Waals surface area contributed by atoms with Crippen molar-refractivity contribution in [3.8, 4) is 0 Å². The number of hydrogen-bond acceptors (Lipinski definition) is 5. The number of anilines is 1. The fourth-order valence-electron chi connectivity index (χ4n) is 1.84. The Morgan fingerprint density at radius 2 is 1.96 bits per heavy atom. The lowest BCUT2D eigenvalue weighted by Gasteiger charge is -2.15. The van der Waals surface area contributed by atoms with E-state index in [1.54, 1.807) is 0 Å². The molecule has 8 nitrogen and oxygen atoms in total. The molecule has 2 rings (SSSR count). The van der Waals surface area contributed by atoms with Crippen LogP contribution in [0.4, 0.5) is 18.9 Å². The summed E-state index contributed by atoms with van der Waals surface area (Å²) in [5.41, 5.74) is -0.437. The summed E-state index contributed by atoms with van der Waals surface area (Å²) in [6, 6.07) is 1.44. The zero-order valence-corrected chi connectivity index (χ0v) is 12.7. The highest BCUT2D eigenvalue weighted by atomic mass is 19.4. The van der Waals surface area contributed by atoms with Gasteiger partial charge in [0.05, 0.1) is 29.8 Å². The molecule has 0 saturated carbocycles. The Labute approximate surface area is 134 Å². The first-order valence-corrected chi connectivity index (χ1v) is 6.61. The molecule has 0 spiro atoms. The minimum atomic E-state index is -4.59. The largest absolute Gasteiger partial charge is 0.408 e. The van der Waals surface area contributed by atoms with Crippen molar-refractivity contribution in [1.82, 2.24) is 24.9 Å². The molecular weight excluding hydrogens is 329 g/mol. The van der Waals surface area contributed by atoms with E-state index in [1.807, 2.05) is 0 Å². The normalized spacial score (nSPS) is 11.2. The number of alkyl halides is 3. The average molecular weight is 342 g/mol. The van der Waals surface area contributed by atoms with E-state index in [0.29, 0.717) is 4.68 Å². The number of halogens is 3. The highest BCUT2D eigenvalue weighted by Crippen LogP contribution is 2.21. The third-order valence-electron chi connectivity index (χ3n) is 2.86. The van der Waals surface area contributed by atoms with E-state index in [0.717, 1.165) is 11.1 Å². The van der Waals surface area contributed by atoms with Gasteiger partial charge in [0.15, 0.2) is 0 Å². The molecule has 0 aliphatic rings. The first kappa shape index (κ1) is 17.4. The topological polar surface area (TPSA) is 93.0 Å². The van der Waals surface area contributed by atoms with Crippen molar-refractivity contribution in [2.45, 2.75) is 12.7 Å². The predicted molar refractivity (Wildman–Crippen MR) is 76.3 cm³/mol.